The minimum absolute atomic E-state index is 0. The molecule has 15 heavy (non-hydrogen) atoms. The van der Waals surface area contributed by atoms with Crippen LogP contribution in [0.1, 0.15) is 33.6 Å². The Bertz CT molecular complexity index is 204. The normalized spacial score (nSPS) is 10.1. The molecule has 76 valence electrons. The fraction of sp³-hybridized carbons (Fsp3) is 0.778. The van der Waals surface area contributed by atoms with Crippen LogP contribution in [0.4, 0.5) is 0 Å². The van der Waals surface area contributed by atoms with Gasteiger partial charge in [0.2, 0.25) is 0 Å². The zero-order chi connectivity index (χ0) is 10.6. The number of carbonyl (C=O) groups excluding carboxylic acids is 2. The molecule has 0 spiro atoms. The van der Waals surface area contributed by atoms with Gasteiger partial charge >= 0.3 is 70.2 Å². The van der Waals surface area contributed by atoms with Gasteiger partial charge in [0, 0.05) is 0 Å². The second-order valence-electron chi connectivity index (χ2n) is 3.45. The molecule has 0 rings (SSSR count). The zero-order valence-corrected chi connectivity index (χ0v) is 13.2. The topological polar surface area (TPSA) is 80.3 Å². The molecule has 6 heteroatoms. The number of hydrogen-bond acceptors (Lipinski definition) is 4. The van der Waals surface area contributed by atoms with Crippen molar-refractivity contribution >= 4 is 11.9 Å². The first-order valence-electron chi connectivity index (χ1n) is 4.32. The third-order valence-corrected chi connectivity index (χ3v) is 2.36. The van der Waals surface area contributed by atoms with E-state index in [0.29, 0.717) is 6.42 Å². The number of hydrogen-bond donors (Lipinski definition) is 0. The maximum atomic E-state index is 10.8. The molecule has 0 saturated carbocycles. The molecule has 0 amide bonds. The Morgan fingerprint density at radius 3 is 1.60 bits per heavy atom. The van der Waals surface area contributed by atoms with Crippen LogP contribution in [-0.4, -0.2) is 11.9 Å². The van der Waals surface area contributed by atoms with Crippen molar-refractivity contribution in [1.29, 1.82) is 0 Å². The van der Waals surface area contributed by atoms with E-state index in [0.717, 1.165) is 0 Å². The van der Waals surface area contributed by atoms with Crippen LogP contribution in [0, 0.1) is 11.3 Å². The van der Waals surface area contributed by atoms with Gasteiger partial charge in [-0.25, -0.2) is 0 Å². The Morgan fingerprint density at radius 2 is 1.53 bits per heavy atom. The second kappa shape index (κ2) is 9.23. The summed E-state index contributed by atoms with van der Waals surface area (Å²) in [4.78, 5) is 21.5. The largest absolute Gasteiger partial charge is 1.00 e. The number of rotatable bonds is 5. The van der Waals surface area contributed by atoms with Crippen molar-refractivity contribution in [3.63, 3.8) is 0 Å². The predicted octanol–water partition coefficient (Wildman–Crippen LogP) is -7.06. The van der Waals surface area contributed by atoms with Gasteiger partial charge in [0.25, 0.3) is 0 Å². The molecular weight excluding hydrogens is 218 g/mol. The van der Waals surface area contributed by atoms with Gasteiger partial charge in [0.15, 0.2) is 0 Å². The monoisotopic (exact) mass is 232 g/mol. The Kier molecular flexibility index (Phi) is 13.2. The quantitative estimate of drug-likeness (QED) is 0.348. The Morgan fingerprint density at radius 1 is 1.20 bits per heavy atom. The number of carboxylic acid groups (broad SMARTS) is 2. The van der Waals surface area contributed by atoms with E-state index in [2.05, 4.69) is 0 Å². The fourth-order valence-corrected chi connectivity index (χ4v) is 1.44. The third-order valence-electron chi connectivity index (χ3n) is 2.36. The van der Waals surface area contributed by atoms with E-state index in [4.69, 9.17) is 0 Å². The molecule has 4 nitrogen and oxygen atoms in total. The molecule has 0 fully saturated rings. The standard InChI is InChI=1S/C9H16O4.K.Li/c1-4-5-9(6(2)3,7(10)11)8(12)13;;/h6H,4-5H2,1-3H3,(H,10,11)(H,12,13);;/q;2*+1/p-2. The van der Waals surface area contributed by atoms with Crippen molar-refractivity contribution in [1.82, 2.24) is 0 Å². The molecule has 0 aliphatic heterocycles. The summed E-state index contributed by atoms with van der Waals surface area (Å²) < 4.78 is 0. The van der Waals surface area contributed by atoms with E-state index in [1.807, 2.05) is 0 Å². The predicted molar refractivity (Wildman–Crippen MR) is 42.2 cm³/mol. The molecule has 0 aliphatic rings. The number of carbonyl (C=O) groups is 2. The maximum absolute atomic E-state index is 10.8. The Labute approximate surface area is 145 Å². The molecule has 0 saturated heterocycles. The van der Waals surface area contributed by atoms with Gasteiger partial charge in [0.1, 0.15) is 0 Å². The summed E-state index contributed by atoms with van der Waals surface area (Å²) in [6, 6.07) is 0. The summed E-state index contributed by atoms with van der Waals surface area (Å²) in [5, 5.41) is 21.5. The first-order valence-corrected chi connectivity index (χ1v) is 4.32. The van der Waals surface area contributed by atoms with E-state index < -0.39 is 23.3 Å². The molecule has 0 aromatic carbocycles. The first kappa shape index (κ1) is 21.5. The molecule has 0 aromatic heterocycles. The van der Waals surface area contributed by atoms with Crippen LogP contribution in [0.2, 0.25) is 0 Å². The van der Waals surface area contributed by atoms with Gasteiger partial charge < -0.3 is 19.8 Å². The van der Waals surface area contributed by atoms with Crippen molar-refractivity contribution in [2.24, 2.45) is 11.3 Å². The first-order chi connectivity index (χ1) is 5.89. The van der Waals surface area contributed by atoms with Gasteiger partial charge in [-0.15, -0.1) is 0 Å². The summed E-state index contributed by atoms with van der Waals surface area (Å²) in [5.74, 6) is -3.63. The molecule has 0 bridgehead atoms. The summed E-state index contributed by atoms with van der Waals surface area (Å²) in [6.45, 7) is 4.81. The van der Waals surface area contributed by atoms with E-state index in [1.54, 1.807) is 20.8 Å². The van der Waals surface area contributed by atoms with Crippen molar-refractivity contribution in [2.75, 3.05) is 0 Å². The summed E-state index contributed by atoms with van der Waals surface area (Å²) in [7, 11) is 0. The molecule has 0 radical (unpaired) electrons. The Balaban J connectivity index is -0.000000720. The van der Waals surface area contributed by atoms with Crippen LogP contribution >= 0.6 is 0 Å². The minimum atomic E-state index is -1.84. The molecule has 0 unspecified atom stereocenters. The number of aliphatic carboxylic acids is 2. The van der Waals surface area contributed by atoms with Crippen LogP contribution in [-0.2, 0) is 9.59 Å². The average molecular weight is 232 g/mol. The molecule has 0 aromatic rings. The van der Waals surface area contributed by atoms with E-state index in [9.17, 15) is 19.8 Å². The van der Waals surface area contributed by atoms with Crippen molar-refractivity contribution in [3.05, 3.63) is 0 Å². The van der Waals surface area contributed by atoms with Gasteiger partial charge in [-0.1, -0.05) is 27.2 Å². The fourth-order valence-electron chi connectivity index (χ4n) is 1.44. The van der Waals surface area contributed by atoms with Crippen LogP contribution in [0.25, 0.3) is 0 Å². The maximum Gasteiger partial charge on any atom is 1.00 e. The summed E-state index contributed by atoms with van der Waals surface area (Å²) in [5.41, 5.74) is -1.84. The molecule has 0 N–H and O–H groups in total. The van der Waals surface area contributed by atoms with Gasteiger partial charge in [-0.3, -0.25) is 0 Å². The van der Waals surface area contributed by atoms with E-state index in [1.165, 1.54) is 0 Å². The third kappa shape index (κ3) is 4.90. The Hall–Kier alpha value is 1.17. The van der Waals surface area contributed by atoms with Crippen molar-refractivity contribution in [3.8, 4) is 0 Å². The van der Waals surface area contributed by atoms with Gasteiger partial charge in [-0.2, -0.15) is 0 Å². The van der Waals surface area contributed by atoms with Crippen LogP contribution in [0.15, 0.2) is 0 Å². The molecular formula is C9H14KLiO4. The average Bonchev–Trinajstić information content (AvgIpc) is 1.97. The molecule has 0 atom stereocenters. The van der Waals surface area contributed by atoms with Crippen LogP contribution in [0.3, 0.4) is 0 Å². The second-order valence-corrected chi connectivity index (χ2v) is 3.45. The van der Waals surface area contributed by atoms with Gasteiger partial charge in [-0.05, 0) is 12.3 Å². The smallest absolute Gasteiger partial charge is 0.549 e. The number of carboxylic acids is 2. The van der Waals surface area contributed by atoms with Crippen molar-refractivity contribution < 1.29 is 90.0 Å². The zero-order valence-electron chi connectivity index (χ0n) is 10.1. The summed E-state index contributed by atoms with van der Waals surface area (Å²) in [6.07, 6.45) is 0.523. The van der Waals surface area contributed by atoms with Crippen LogP contribution < -0.4 is 80.5 Å². The molecule has 0 aliphatic carbocycles. The van der Waals surface area contributed by atoms with Gasteiger partial charge in [0.05, 0.1) is 17.4 Å². The van der Waals surface area contributed by atoms with Crippen LogP contribution in [0.5, 0.6) is 0 Å². The van der Waals surface area contributed by atoms with E-state index >= 15 is 0 Å². The van der Waals surface area contributed by atoms with E-state index in [-0.39, 0.29) is 76.7 Å². The SMILES string of the molecule is CCCC(C(=O)[O-])(C(=O)[O-])C(C)C.[K+].[Li+]. The molecule has 0 heterocycles. The summed E-state index contributed by atoms with van der Waals surface area (Å²) >= 11 is 0. The minimum Gasteiger partial charge on any atom is -0.549 e. The van der Waals surface area contributed by atoms with Crippen molar-refractivity contribution in [2.45, 2.75) is 33.6 Å².